The van der Waals surface area contributed by atoms with Gasteiger partial charge in [-0.2, -0.15) is 0 Å². The third-order valence-electron chi connectivity index (χ3n) is 0.637. The van der Waals surface area contributed by atoms with E-state index in [-0.39, 0.29) is 5.91 Å². The van der Waals surface area contributed by atoms with Gasteiger partial charge in [0.25, 0.3) is 0 Å². The summed E-state index contributed by atoms with van der Waals surface area (Å²) in [5, 5.41) is 0. The van der Waals surface area contributed by atoms with Gasteiger partial charge in [-0.15, -0.1) is 0 Å². The van der Waals surface area contributed by atoms with Crippen molar-refractivity contribution >= 4 is 18.8 Å². The second kappa shape index (κ2) is 4.93. The highest BCUT2D eigenvalue weighted by atomic mass is 32.1. The Hall–Kier alpha value is -0.220. The van der Waals surface area contributed by atoms with Gasteiger partial charge < -0.3 is 0 Å². The SMILES string of the molecule is CCCC(=O)NOS. The van der Waals surface area contributed by atoms with Crippen LogP contribution in [0.1, 0.15) is 19.8 Å². The summed E-state index contributed by atoms with van der Waals surface area (Å²) in [6.45, 7) is 1.91. The minimum Gasteiger partial charge on any atom is -0.273 e. The number of nitrogens with one attached hydrogen (secondary N) is 1. The van der Waals surface area contributed by atoms with E-state index in [1.165, 1.54) is 0 Å². The number of hydroxylamine groups is 1. The lowest BCUT2D eigenvalue weighted by Gasteiger charge is -1.95. The molecule has 0 bridgehead atoms. The Bertz CT molecular complexity index is 68.4. The monoisotopic (exact) mass is 135 g/mol. The molecule has 0 aliphatic heterocycles. The molecule has 4 heteroatoms. The molecular formula is C4H9NO2S. The smallest absolute Gasteiger partial charge is 0.244 e. The van der Waals surface area contributed by atoms with Crippen LogP contribution in [-0.2, 0) is 9.08 Å². The average Bonchev–Trinajstić information content (AvgIpc) is 1.68. The summed E-state index contributed by atoms with van der Waals surface area (Å²) in [5.74, 6) is -0.137. The van der Waals surface area contributed by atoms with E-state index in [1.807, 2.05) is 6.92 Å². The average molecular weight is 135 g/mol. The molecule has 0 aromatic heterocycles. The van der Waals surface area contributed by atoms with Gasteiger partial charge in [-0.25, -0.2) is 9.76 Å². The molecular weight excluding hydrogens is 126 g/mol. The van der Waals surface area contributed by atoms with Crippen LogP contribution in [0.3, 0.4) is 0 Å². The second-order valence-corrected chi connectivity index (χ2v) is 1.55. The molecule has 0 aliphatic rings. The summed E-state index contributed by atoms with van der Waals surface area (Å²) in [6.07, 6.45) is 1.31. The van der Waals surface area contributed by atoms with Crippen LogP contribution < -0.4 is 5.48 Å². The Kier molecular flexibility index (Phi) is 4.79. The minimum absolute atomic E-state index is 0.137. The number of carbonyl (C=O) groups excluding carboxylic acids is 1. The van der Waals surface area contributed by atoms with Crippen LogP contribution in [0, 0.1) is 0 Å². The van der Waals surface area contributed by atoms with E-state index in [9.17, 15) is 4.79 Å². The van der Waals surface area contributed by atoms with Crippen LogP contribution >= 0.6 is 12.9 Å². The fraction of sp³-hybridized carbons (Fsp3) is 0.750. The Balaban J connectivity index is 3.06. The van der Waals surface area contributed by atoms with Gasteiger partial charge in [0.2, 0.25) is 5.91 Å². The molecule has 0 saturated heterocycles. The standard InChI is InChI=1S/C4H9NO2S/c1-2-3-4(6)5-7-8/h8H,2-3H2,1H3,(H,5,6). The van der Waals surface area contributed by atoms with Crippen molar-refractivity contribution in [3.05, 3.63) is 0 Å². The van der Waals surface area contributed by atoms with Crippen LogP contribution in [0.5, 0.6) is 0 Å². The molecule has 0 fully saturated rings. The third-order valence-corrected chi connectivity index (χ3v) is 0.728. The third kappa shape index (κ3) is 3.95. The lowest BCUT2D eigenvalue weighted by atomic mass is 10.3. The summed E-state index contributed by atoms with van der Waals surface area (Å²) < 4.78 is 4.05. The fourth-order valence-electron chi connectivity index (χ4n) is 0.329. The number of hydrogen-bond donors (Lipinski definition) is 2. The molecule has 0 radical (unpaired) electrons. The second-order valence-electron chi connectivity index (χ2n) is 1.37. The van der Waals surface area contributed by atoms with Gasteiger partial charge in [0.1, 0.15) is 0 Å². The predicted molar refractivity (Wildman–Crippen MR) is 33.1 cm³/mol. The van der Waals surface area contributed by atoms with Crippen LogP contribution in [0.2, 0.25) is 0 Å². The lowest BCUT2D eigenvalue weighted by molar-refractivity contribution is -0.126. The highest BCUT2D eigenvalue weighted by Gasteiger charge is 1.94. The maximum atomic E-state index is 10.4. The van der Waals surface area contributed by atoms with E-state index in [0.29, 0.717) is 6.42 Å². The molecule has 48 valence electrons. The zero-order chi connectivity index (χ0) is 6.41. The first-order valence-electron chi connectivity index (χ1n) is 2.40. The molecule has 0 heterocycles. The van der Waals surface area contributed by atoms with E-state index in [2.05, 4.69) is 22.7 Å². The Morgan fingerprint density at radius 3 is 2.88 bits per heavy atom. The Morgan fingerprint density at radius 2 is 2.50 bits per heavy atom. The van der Waals surface area contributed by atoms with Crippen LogP contribution in [-0.4, -0.2) is 5.91 Å². The van der Waals surface area contributed by atoms with E-state index < -0.39 is 0 Å². The normalized spacial score (nSPS) is 8.75. The Morgan fingerprint density at radius 1 is 1.88 bits per heavy atom. The summed E-state index contributed by atoms with van der Waals surface area (Å²) in [4.78, 5) is 10.4. The summed E-state index contributed by atoms with van der Waals surface area (Å²) in [7, 11) is 0. The summed E-state index contributed by atoms with van der Waals surface area (Å²) in [5.41, 5.74) is 2.07. The van der Waals surface area contributed by atoms with E-state index in [1.54, 1.807) is 0 Å². The molecule has 0 rings (SSSR count). The van der Waals surface area contributed by atoms with Crippen molar-refractivity contribution in [2.24, 2.45) is 0 Å². The molecule has 3 nitrogen and oxygen atoms in total. The van der Waals surface area contributed by atoms with Gasteiger partial charge in [0.05, 0.1) is 0 Å². The van der Waals surface area contributed by atoms with E-state index in [0.717, 1.165) is 6.42 Å². The molecule has 8 heavy (non-hydrogen) atoms. The zero-order valence-electron chi connectivity index (χ0n) is 4.68. The van der Waals surface area contributed by atoms with Gasteiger partial charge in [-0.05, 0) is 6.42 Å². The first-order valence-corrected chi connectivity index (χ1v) is 2.77. The van der Waals surface area contributed by atoms with Gasteiger partial charge in [0, 0.05) is 19.3 Å². The lowest BCUT2D eigenvalue weighted by Crippen LogP contribution is -2.18. The molecule has 0 atom stereocenters. The number of amides is 1. The molecule has 0 unspecified atom stereocenters. The molecule has 1 N–H and O–H groups in total. The minimum atomic E-state index is -0.137. The largest absolute Gasteiger partial charge is 0.273 e. The number of hydrogen-bond acceptors (Lipinski definition) is 3. The first-order chi connectivity index (χ1) is 3.81. The van der Waals surface area contributed by atoms with Gasteiger partial charge in [-0.1, -0.05) is 6.92 Å². The molecule has 0 aromatic carbocycles. The van der Waals surface area contributed by atoms with Crippen molar-refractivity contribution in [1.82, 2.24) is 5.48 Å². The van der Waals surface area contributed by atoms with Crippen molar-refractivity contribution < 1.29 is 9.08 Å². The summed E-state index contributed by atoms with van der Waals surface area (Å²) >= 11 is 3.32. The molecule has 0 aliphatic carbocycles. The Labute approximate surface area is 54.0 Å². The van der Waals surface area contributed by atoms with Crippen LogP contribution in [0.15, 0.2) is 0 Å². The van der Waals surface area contributed by atoms with E-state index in [4.69, 9.17) is 0 Å². The molecule has 0 saturated carbocycles. The first kappa shape index (κ1) is 7.78. The van der Waals surface area contributed by atoms with Crippen molar-refractivity contribution in [3.8, 4) is 0 Å². The quantitative estimate of drug-likeness (QED) is 0.339. The summed E-state index contributed by atoms with van der Waals surface area (Å²) in [6, 6.07) is 0. The predicted octanol–water partition coefficient (Wildman–Crippen LogP) is 0.679. The van der Waals surface area contributed by atoms with Crippen molar-refractivity contribution in [2.75, 3.05) is 0 Å². The zero-order valence-corrected chi connectivity index (χ0v) is 5.57. The number of carbonyl (C=O) groups is 1. The van der Waals surface area contributed by atoms with Crippen molar-refractivity contribution in [2.45, 2.75) is 19.8 Å². The van der Waals surface area contributed by atoms with Gasteiger partial charge in [-0.3, -0.25) is 4.79 Å². The fourth-order valence-corrected chi connectivity index (χ4v) is 0.431. The van der Waals surface area contributed by atoms with E-state index >= 15 is 0 Å². The topological polar surface area (TPSA) is 38.3 Å². The molecule has 0 aromatic rings. The van der Waals surface area contributed by atoms with Crippen LogP contribution in [0.4, 0.5) is 0 Å². The van der Waals surface area contributed by atoms with Crippen LogP contribution in [0.25, 0.3) is 0 Å². The molecule has 0 spiro atoms. The maximum absolute atomic E-state index is 10.4. The number of rotatable bonds is 3. The number of thiol groups is 1. The van der Waals surface area contributed by atoms with Crippen molar-refractivity contribution in [1.29, 1.82) is 0 Å². The van der Waals surface area contributed by atoms with Crippen molar-refractivity contribution in [3.63, 3.8) is 0 Å². The van der Waals surface area contributed by atoms with Gasteiger partial charge >= 0.3 is 0 Å². The highest BCUT2D eigenvalue weighted by Crippen LogP contribution is 1.85. The highest BCUT2D eigenvalue weighted by molar-refractivity contribution is 7.75. The van der Waals surface area contributed by atoms with Gasteiger partial charge in [0.15, 0.2) is 0 Å². The molecule has 1 amide bonds. The maximum Gasteiger partial charge on any atom is 0.244 e.